The van der Waals surface area contributed by atoms with Gasteiger partial charge in [0.05, 0.1) is 13.2 Å². The summed E-state index contributed by atoms with van der Waals surface area (Å²) in [5, 5.41) is 9.27. The second-order valence-electron chi connectivity index (χ2n) is 8.93. The Balaban J connectivity index is 1.32. The molecule has 1 aromatic carbocycles. The van der Waals surface area contributed by atoms with Crippen molar-refractivity contribution in [1.82, 2.24) is 25.3 Å². The molecular weight excluding hydrogens is 514 g/mol. The highest BCUT2D eigenvalue weighted by Crippen LogP contribution is 2.41. The molecule has 1 saturated carbocycles. The van der Waals surface area contributed by atoms with Gasteiger partial charge in [0.15, 0.2) is 10.3 Å². The van der Waals surface area contributed by atoms with Gasteiger partial charge in [-0.15, -0.1) is 0 Å². The van der Waals surface area contributed by atoms with Gasteiger partial charge in [-0.2, -0.15) is 4.98 Å². The zero-order valence-corrected chi connectivity index (χ0v) is 22.2. The summed E-state index contributed by atoms with van der Waals surface area (Å²) < 4.78 is 5.51. The molecule has 36 heavy (non-hydrogen) atoms. The molecule has 1 aliphatic carbocycles. The van der Waals surface area contributed by atoms with Crippen molar-refractivity contribution < 1.29 is 4.74 Å². The summed E-state index contributed by atoms with van der Waals surface area (Å²) in [5.41, 5.74) is 1.27. The van der Waals surface area contributed by atoms with Crippen LogP contribution in [-0.4, -0.2) is 57.9 Å². The molecule has 0 unspecified atom stereocenters. The molecule has 1 aliphatic heterocycles. The average molecular weight is 542 g/mol. The minimum absolute atomic E-state index is 0.0127. The molecule has 3 heterocycles. The predicted octanol–water partition coefficient (Wildman–Crippen LogP) is 4.71. The third-order valence-corrected chi connectivity index (χ3v) is 7.87. The molecule has 8 nitrogen and oxygen atoms in total. The number of ether oxygens (including phenoxy) is 1. The fourth-order valence-electron chi connectivity index (χ4n) is 4.74. The summed E-state index contributed by atoms with van der Waals surface area (Å²) in [4.78, 5) is 20.3. The Labute approximate surface area is 225 Å². The van der Waals surface area contributed by atoms with Crippen LogP contribution in [0, 0.1) is 0 Å². The van der Waals surface area contributed by atoms with Crippen molar-refractivity contribution in [1.29, 1.82) is 0 Å². The lowest BCUT2D eigenvalue weighted by Crippen LogP contribution is -2.41. The molecule has 0 bridgehead atoms. The first-order chi connectivity index (χ1) is 17.6. The Bertz CT molecular complexity index is 1190. The standard InChI is InChI=1S/C25H28ClN7OS2/c26-19-6-3-5-18(15-19)25(7-1-2-8-25)17-29-23(35)32-22-30-20(33-11-13-34-14-12-33)16-21(31-22)36-24-27-9-4-10-28-24/h3-6,9-10,15-16H,1-2,7-8,11-14,17H2,(H2,29,30,31,32,35). The van der Waals surface area contributed by atoms with Crippen molar-refractivity contribution in [2.75, 3.05) is 43.1 Å². The van der Waals surface area contributed by atoms with E-state index in [2.05, 4.69) is 42.6 Å². The van der Waals surface area contributed by atoms with Crippen LogP contribution in [0.1, 0.15) is 31.2 Å². The van der Waals surface area contributed by atoms with E-state index in [1.54, 1.807) is 18.5 Å². The summed E-state index contributed by atoms with van der Waals surface area (Å²) in [6, 6.07) is 11.9. The van der Waals surface area contributed by atoms with E-state index in [4.69, 9.17) is 33.5 Å². The molecule has 0 spiro atoms. The molecule has 5 rings (SSSR count). The molecular formula is C25H28ClN7OS2. The Morgan fingerprint density at radius 1 is 1.08 bits per heavy atom. The van der Waals surface area contributed by atoms with Crippen LogP contribution in [0.2, 0.25) is 5.02 Å². The Morgan fingerprint density at radius 2 is 1.86 bits per heavy atom. The van der Waals surface area contributed by atoms with Crippen LogP contribution in [-0.2, 0) is 10.2 Å². The lowest BCUT2D eigenvalue weighted by Gasteiger charge is -2.31. The third-order valence-electron chi connectivity index (χ3n) is 6.57. The number of benzene rings is 1. The lowest BCUT2D eigenvalue weighted by atomic mass is 9.79. The maximum atomic E-state index is 6.31. The Hall–Kier alpha value is -2.53. The molecule has 2 fully saturated rings. The molecule has 3 aromatic rings. The predicted molar refractivity (Wildman–Crippen MR) is 147 cm³/mol. The number of halogens is 1. The zero-order chi connectivity index (χ0) is 24.8. The monoisotopic (exact) mass is 541 g/mol. The largest absolute Gasteiger partial charge is 0.378 e. The second-order valence-corrected chi connectivity index (χ2v) is 10.8. The Kier molecular flexibility index (Phi) is 8.15. The van der Waals surface area contributed by atoms with E-state index in [0.717, 1.165) is 48.3 Å². The van der Waals surface area contributed by atoms with Gasteiger partial charge in [-0.05, 0) is 60.6 Å². The van der Waals surface area contributed by atoms with Gasteiger partial charge in [-0.1, -0.05) is 36.6 Å². The quantitative estimate of drug-likeness (QED) is 0.249. The molecule has 0 atom stereocenters. The summed E-state index contributed by atoms with van der Waals surface area (Å²) in [6.45, 7) is 3.60. The van der Waals surface area contributed by atoms with Gasteiger partial charge in [-0.3, -0.25) is 0 Å². The van der Waals surface area contributed by atoms with E-state index in [1.807, 2.05) is 18.2 Å². The molecule has 2 aromatic heterocycles. The van der Waals surface area contributed by atoms with Crippen LogP contribution in [0.3, 0.4) is 0 Å². The highest BCUT2D eigenvalue weighted by Gasteiger charge is 2.35. The topological polar surface area (TPSA) is 88.1 Å². The van der Waals surface area contributed by atoms with E-state index in [0.29, 0.717) is 29.4 Å². The van der Waals surface area contributed by atoms with Crippen molar-refractivity contribution in [3.8, 4) is 0 Å². The molecule has 0 radical (unpaired) electrons. The molecule has 2 aliphatic rings. The van der Waals surface area contributed by atoms with Crippen LogP contribution < -0.4 is 15.5 Å². The highest BCUT2D eigenvalue weighted by atomic mass is 35.5. The lowest BCUT2D eigenvalue weighted by molar-refractivity contribution is 0.122. The van der Waals surface area contributed by atoms with Gasteiger partial charge in [0.2, 0.25) is 5.95 Å². The fraction of sp³-hybridized carbons (Fsp3) is 0.400. The first-order valence-corrected chi connectivity index (χ1v) is 13.7. The van der Waals surface area contributed by atoms with E-state index in [9.17, 15) is 0 Å². The van der Waals surface area contributed by atoms with Gasteiger partial charge < -0.3 is 20.3 Å². The average Bonchev–Trinajstić information content (AvgIpc) is 3.39. The maximum absolute atomic E-state index is 6.31. The number of morpholine rings is 1. The molecule has 0 amide bonds. The summed E-state index contributed by atoms with van der Waals surface area (Å²) >= 11 is 13.4. The highest BCUT2D eigenvalue weighted by molar-refractivity contribution is 7.99. The van der Waals surface area contributed by atoms with Crippen LogP contribution in [0.4, 0.5) is 11.8 Å². The van der Waals surface area contributed by atoms with Crippen molar-refractivity contribution in [2.24, 2.45) is 0 Å². The van der Waals surface area contributed by atoms with Crippen molar-refractivity contribution >= 4 is 52.5 Å². The molecule has 2 N–H and O–H groups in total. The van der Waals surface area contributed by atoms with Gasteiger partial charge in [0.1, 0.15) is 10.8 Å². The maximum Gasteiger partial charge on any atom is 0.232 e. The van der Waals surface area contributed by atoms with E-state index >= 15 is 0 Å². The fourth-order valence-corrected chi connectivity index (χ4v) is 5.80. The summed E-state index contributed by atoms with van der Waals surface area (Å²) in [5.74, 6) is 1.27. The number of nitrogens with one attached hydrogen (secondary N) is 2. The number of nitrogens with zero attached hydrogens (tertiary/aromatic N) is 5. The summed E-state index contributed by atoms with van der Waals surface area (Å²) in [6.07, 6.45) is 8.03. The SMILES string of the molecule is S=C(NCC1(c2cccc(Cl)c2)CCCC1)Nc1nc(Sc2ncccn2)cc(N2CCOCC2)n1. The van der Waals surface area contributed by atoms with Crippen LogP contribution >= 0.6 is 35.6 Å². The van der Waals surface area contributed by atoms with Gasteiger partial charge in [0.25, 0.3) is 0 Å². The second kappa shape index (κ2) is 11.7. The van der Waals surface area contributed by atoms with Gasteiger partial charge in [0, 0.05) is 48.5 Å². The van der Waals surface area contributed by atoms with Crippen molar-refractivity contribution in [3.05, 3.63) is 59.4 Å². The molecule has 1 saturated heterocycles. The first-order valence-electron chi connectivity index (χ1n) is 12.1. The zero-order valence-electron chi connectivity index (χ0n) is 19.8. The number of anilines is 2. The van der Waals surface area contributed by atoms with E-state index in [1.165, 1.54) is 30.2 Å². The first kappa shape index (κ1) is 25.1. The minimum Gasteiger partial charge on any atom is -0.378 e. The molecule has 11 heteroatoms. The third kappa shape index (κ3) is 6.23. The number of thiocarbonyl (C=S) groups is 1. The summed E-state index contributed by atoms with van der Waals surface area (Å²) in [7, 11) is 0. The van der Waals surface area contributed by atoms with Crippen molar-refractivity contribution in [3.63, 3.8) is 0 Å². The van der Waals surface area contributed by atoms with Crippen LogP contribution in [0.15, 0.2) is 59.0 Å². The normalized spacial score (nSPS) is 17.1. The van der Waals surface area contributed by atoms with Crippen molar-refractivity contribution in [2.45, 2.75) is 41.3 Å². The smallest absolute Gasteiger partial charge is 0.232 e. The van der Waals surface area contributed by atoms with Gasteiger partial charge in [-0.25, -0.2) is 15.0 Å². The van der Waals surface area contributed by atoms with E-state index in [-0.39, 0.29) is 5.41 Å². The number of hydrogen-bond donors (Lipinski definition) is 2. The number of aromatic nitrogens is 4. The molecule has 188 valence electrons. The number of rotatable bonds is 7. The van der Waals surface area contributed by atoms with Crippen LogP contribution in [0.25, 0.3) is 0 Å². The van der Waals surface area contributed by atoms with Gasteiger partial charge >= 0.3 is 0 Å². The number of hydrogen-bond acceptors (Lipinski definition) is 8. The van der Waals surface area contributed by atoms with Crippen LogP contribution in [0.5, 0.6) is 0 Å². The van der Waals surface area contributed by atoms with E-state index < -0.39 is 0 Å². The Morgan fingerprint density at radius 3 is 2.61 bits per heavy atom. The minimum atomic E-state index is 0.0127.